The first-order valence-corrected chi connectivity index (χ1v) is 6.65. The average molecular weight is 234 g/mol. The van der Waals surface area contributed by atoms with Crippen molar-refractivity contribution in [1.29, 1.82) is 0 Å². The summed E-state index contributed by atoms with van der Waals surface area (Å²) in [5, 5.41) is 3.16. The Labute approximate surface area is 103 Å². The number of rotatable bonds is 4. The minimum absolute atomic E-state index is 0.739. The fourth-order valence-electron chi connectivity index (χ4n) is 2.34. The van der Waals surface area contributed by atoms with E-state index in [2.05, 4.69) is 34.0 Å². The van der Waals surface area contributed by atoms with Crippen molar-refractivity contribution < 1.29 is 0 Å². The minimum Gasteiger partial charge on any atom is -0.356 e. The molecule has 17 heavy (non-hydrogen) atoms. The molecule has 0 spiro atoms. The Morgan fingerprint density at radius 2 is 2.12 bits per heavy atom. The van der Waals surface area contributed by atoms with Crippen molar-refractivity contribution in [3.63, 3.8) is 0 Å². The second-order valence-corrected chi connectivity index (χ2v) is 4.61. The summed E-state index contributed by atoms with van der Waals surface area (Å²) in [5.74, 6) is 2.70. The van der Waals surface area contributed by atoms with Crippen LogP contribution in [0.4, 0.5) is 11.8 Å². The predicted molar refractivity (Wildman–Crippen MR) is 71.4 cm³/mol. The Morgan fingerprint density at radius 1 is 1.35 bits per heavy atom. The number of nitrogens with zero attached hydrogens (tertiary/aromatic N) is 3. The molecule has 0 aromatic carbocycles. The van der Waals surface area contributed by atoms with Crippen molar-refractivity contribution in [3.8, 4) is 0 Å². The summed E-state index contributed by atoms with van der Waals surface area (Å²) in [5.41, 5.74) is 0. The molecule has 1 aliphatic heterocycles. The van der Waals surface area contributed by atoms with Crippen molar-refractivity contribution in [2.45, 2.75) is 33.1 Å². The van der Waals surface area contributed by atoms with Gasteiger partial charge in [0.15, 0.2) is 0 Å². The van der Waals surface area contributed by atoms with E-state index in [1.165, 1.54) is 19.3 Å². The molecule has 4 heteroatoms. The van der Waals surface area contributed by atoms with Crippen LogP contribution < -0.4 is 10.2 Å². The van der Waals surface area contributed by atoms with Crippen LogP contribution in [0.15, 0.2) is 12.3 Å². The van der Waals surface area contributed by atoms with Gasteiger partial charge in [-0.2, -0.15) is 4.98 Å². The molecule has 0 unspecified atom stereocenters. The van der Waals surface area contributed by atoms with Gasteiger partial charge in [0.1, 0.15) is 5.82 Å². The third kappa shape index (κ3) is 3.08. The van der Waals surface area contributed by atoms with Gasteiger partial charge in [0.05, 0.1) is 0 Å². The Hall–Kier alpha value is -1.32. The van der Waals surface area contributed by atoms with Crippen molar-refractivity contribution in [3.05, 3.63) is 12.3 Å². The van der Waals surface area contributed by atoms with Crippen molar-refractivity contribution in [2.75, 3.05) is 29.9 Å². The first-order valence-electron chi connectivity index (χ1n) is 6.65. The normalized spacial score (nSPS) is 17.2. The van der Waals surface area contributed by atoms with Gasteiger partial charge in [0, 0.05) is 25.8 Å². The molecular weight excluding hydrogens is 212 g/mol. The van der Waals surface area contributed by atoms with E-state index in [1.807, 2.05) is 12.3 Å². The molecule has 0 amide bonds. The maximum absolute atomic E-state index is 4.54. The lowest BCUT2D eigenvalue weighted by Gasteiger charge is -2.32. The highest BCUT2D eigenvalue weighted by Crippen LogP contribution is 2.23. The molecule has 0 saturated carbocycles. The highest BCUT2D eigenvalue weighted by Gasteiger charge is 2.18. The van der Waals surface area contributed by atoms with Crippen LogP contribution >= 0.6 is 0 Å². The molecular formula is C13H22N4. The van der Waals surface area contributed by atoms with Crippen LogP contribution in [-0.2, 0) is 0 Å². The summed E-state index contributed by atoms with van der Waals surface area (Å²) in [4.78, 5) is 11.1. The lowest BCUT2D eigenvalue weighted by atomic mass is 9.94. The first-order chi connectivity index (χ1) is 8.33. The third-order valence-electron chi connectivity index (χ3n) is 3.49. The zero-order valence-corrected chi connectivity index (χ0v) is 10.8. The Kier molecular flexibility index (Phi) is 4.18. The van der Waals surface area contributed by atoms with Gasteiger partial charge in [-0.05, 0) is 31.7 Å². The standard InChI is InChI=1S/C13H22N4/c1-3-11-6-9-17(10-7-11)12-5-8-15-13(16-12)14-4-2/h5,8,11H,3-4,6-7,9-10H2,1-2H3,(H,14,15,16). The van der Waals surface area contributed by atoms with Crippen molar-refractivity contribution in [2.24, 2.45) is 5.92 Å². The van der Waals surface area contributed by atoms with Crippen LogP contribution in [0.5, 0.6) is 0 Å². The summed E-state index contributed by atoms with van der Waals surface area (Å²) < 4.78 is 0. The quantitative estimate of drug-likeness (QED) is 0.869. The van der Waals surface area contributed by atoms with Crippen LogP contribution in [-0.4, -0.2) is 29.6 Å². The lowest BCUT2D eigenvalue weighted by molar-refractivity contribution is 0.394. The molecule has 0 radical (unpaired) electrons. The van der Waals surface area contributed by atoms with E-state index in [0.29, 0.717) is 0 Å². The van der Waals surface area contributed by atoms with Crippen LogP contribution in [0.1, 0.15) is 33.1 Å². The summed E-state index contributed by atoms with van der Waals surface area (Å²) in [6.45, 7) is 7.46. The van der Waals surface area contributed by atoms with E-state index in [0.717, 1.165) is 37.3 Å². The predicted octanol–water partition coefficient (Wildman–Crippen LogP) is 2.53. The monoisotopic (exact) mass is 234 g/mol. The average Bonchev–Trinajstić information content (AvgIpc) is 2.40. The fourth-order valence-corrected chi connectivity index (χ4v) is 2.34. The lowest BCUT2D eigenvalue weighted by Crippen LogP contribution is -2.34. The maximum Gasteiger partial charge on any atom is 0.224 e. The number of hydrogen-bond acceptors (Lipinski definition) is 4. The van der Waals surface area contributed by atoms with E-state index < -0.39 is 0 Å². The molecule has 0 atom stereocenters. The molecule has 1 aliphatic rings. The second kappa shape index (κ2) is 5.84. The van der Waals surface area contributed by atoms with E-state index >= 15 is 0 Å². The largest absolute Gasteiger partial charge is 0.356 e. The second-order valence-electron chi connectivity index (χ2n) is 4.61. The van der Waals surface area contributed by atoms with E-state index in [1.54, 1.807) is 0 Å². The molecule has 1 fully saturated rings. The van der Waals surface area contributed by atoms with Gasteiger partial charge in [0.25, 0.3) is 0 Å². The minimum atomic E-state index is 0.739. The molecule has 2 rings (SSSR count). The summed E-state index contributed by atoms with van der Waals surface area (Å²) in [6, 6.07) is 2.01. The van der Waals surface area contributed by atoms with E-state index in [9.17, 15) is 0 Å². The number of hydrogen-bond donors (Lipinski definition) is 1. The smallest absolute Gasteiger partial charge is 0.224 e. The molecule has 1 aromatic heterocycles. The van der Waals surface area contributed by atoms with Gasteiger partial charge in [-0.3, -0.25) is 0 Å². The Balaban J connectivity index is 2.00. The summed E-state index contributed by atoms with van der Waals surface area (Å²) in [6.07, 6.45) is 5.72. The number of piperidine rings is 1. The fraction of sp³-hybridized carbons (Fsp3) is 0.692. The first kappa shape index (κ1) is 12.1. The van der Waals surface area contributed by atoms with Crippen LogP contribution in [0.2, 0.25) is 0 Å². The number of aromatic nitrogens is 2. The van der Waals surface area contributed by atoms with Gasteiger partial charge in [-0.15, -0.1) is 0 Å². The van der Waals surface area contributed by atoms with Gasteiger partial charge >= 0.3 is 0 Å². The molecule has 2 heterocycles. The molecule has 4 nitrogen and oxygen atoms in total. The molecule has 0 aliphatic carbocycles. The SMILES string of the molecule is CCNc1nccc(N2CCC(CC)CC2)n1. The van der Waals surface area contributed by atoms with E-state index in [4.69, 9.17) is 0 Å². The zero-order valence-electron chi connectivity index (χ0n) is 10.8. The van der Waals surface area contributed by atoms with Crippen molar-refractivity contribution >= 4 is 11.8 Å². The van der Waals surface area contributed by atoms with Crippen LogP contribution in [0, 0.1) is 5.92 Å². The summed E-state index contributed by atoms with van der Waals surface area (Å²) >= 11 is 0. The van der Waals surface area contributed by atoms with E-state index in [-0.39, 0.29) is 0 Å². The highest BCUT2D eigenvalue weighted by atomic mass is 15.2. The Bertz CT molecular complexity index is 345. The third-order valence-corrected chi connectivity index (χ3v) is 3.49. The molecule has 1 saturated heterocycles. The molecule has 94 valence electrons. The van der Waals surface area contributed by atoms with Crippen molar-refractivity contribution in [1.82, 2.24) is 9.97 Å². The number of nitrogens with one attached hydrogen (secondary N) is 1. The zero-order chi connectivity index (χ0) is 12.1. The van der Waals surface area contributed by atoms with Gasteiger partial charge in [-0.1, -0.05) is 13.3 Å². The highest BCUT2D eigenvalue weighted by molar-refractivity contribution is 5.42. The molecule has 1 aromatic rings. The Morgan fingerprint density at radius 3 is 2.76 bits per heavy atom. The maximum atomic E-state index is 4.54. The van der Waals surface area contributed by atoms with Crippen LogP contribution in [0.25, 0.3) is 0 Å². The number of anilines is 2. The molecule has 0 bridgehead atoms. The topological polar surface area (TPSA) is 41.1 Å². The summed E-state index contributed by atoms with van der Waals surface area (Å²) in [7, 11) is 0. The van der Waals surface area contributed by atoms with Crippen LogP contribution in [0.3, 0.4) is 0 Å². The van der Waals surface area contributed by atoms with Gasteiger partial charge in [0.2, 0.25) is 5.95 Å². The molecule has 1 N–H and O–H groups in total. The van der Waals surface area contributed by atoms with Gasteiger partial charge in [-0.25, -0.2) is 4.98 Å². The van der Waals surface area contributed by atoms with Gasteiger partial charge < -0.3 is 10.2 Å².